The van der Waals surface area contributed by atoms with Crippen molar-refractivity contribution in [3.8, 4) is 11.6 Å². The van der Waals surface area contributed by atoms with Crippen LogP contribution in [0.15, 0.2) is 42.6 Å². The largest absolute Gasteiger partial charge is 0.468 e. The van der Waals surface area contributed by atoms with Gasteiger partial charge in [-0.05, 0) is 25.1 Å². The number of esters is 1. The van der Waals surface area contributed by atoms with E-state index in [4.69, 9.17) is 4.74 Å². The molecule has 2 rings (SSSR count). The van der Waals surface area contributed by atoms with Gasteiger partial charge in [-0.25, -0.2) is 9.78 Å². The van der Waals surface area contributed by atoms with Gasteiger partial charge in [0.25, 0.3) is 0 Å². The average Bonchev–Trinajstić information content (AvgIpc) is 2.53. The molecule has 0 unspecified atom stereocenters. The molecule has 0 saturated heterocycles. The molecule has 0 saturated carbocycles. The highest BCUT2D eigenvalue weighted by molar-refractivity contribution is 5.95. The highest BCUT2D eigenvalue weighted by Crippen LogP contribution is 2.18. The Morgan fingerprint density at radius 3 is 2.46 bits per heavy atom. The van der Waals surface area contributed by atoms with Crippen molar-refractivity contribution < 1.29 is 32.2 Å². The number of ketones is 1. The fraction of sp³-hybridized carbons (Fsp3) is 0.188. The van der Waals surface area contributed by atoms with Gasteiger partial charge in [0.2, 0.25) is 5.88 Å². The third-order valence-electron chi connectivity index (χ3n) is 2.81. The minimum atomic E-state index is -4.47. The number of rotatable bonds is 5. The third-order valence-corrected chi connectivity index (χ3v) is 2.81. The molecule has 8 heteroatoms. The predicted octanol–water partition coefficient (Wildman–Crippen LogP) is 3.44. The summed E-state index contributed by atoms with van der Waals surface area (Å²) in [6.07, 6.45) is -3.43. The van der Waals surface area contributed by atoms with Gasteiger partial charge in [-0.15, -0.1) is 0 Å². The molecule has 0 aliphatic carbocycles. The number of aromatic nitrogens is 1. The normalized spacial score (nSPS) is 11.0. The number of alkyl halides is 3. The van der Waals surface area contributed by atoms with Crippen molar-refractivity contribution >= 4 is 11.8 Å². The summed E-state index contributed by atoms with van der Waals surface area (Å²) in [5.74, 6) is -1.03. The van der Waals surface area contributed by atoms with E-state index in [0.717, 1.165) is 12.3 Å². The molecule has 24 heavy (non-hydrogen) atoms. The zero-order valence-electron chi connectivity index (χ0n) is 12.5. The maximum atomic E-state index is 12.0. The minimum absolute atomic E-state index is 0.0302. The number of carbonyl (C=O) groups excluding carboxylic acids is 2. The molecule has 0 bridgehead atoms. The Labute approximate surface area is 135 Å². The van der Waals surface area contributed by atoms with Crippen LogP contribution in [0.1, 0.15) is 27.6 Å². The van der Waals surface area contributed by atoms with E-state index >= 15 is 0 Å². The van der Waals surface area contributed by atoms with Crippen LogP contribution in [0.5, 0.6) is 11.6 Å². The maximum absolute atomic E-state index is 12.0. The van der Waals surface area contributed by atoms with Crippen LogP contribution in [0.2, 0.25) is 0 Å². The summed E-state index contributed by atoms with van der Waals surface area (Å²) < 4.78 is 45.6. The van der Waals surface area contributed by atoms with Crippen molar-refractivity contribution in [3.63, 3.8) is 0 Å². The van der Waals surface area contributed by atoms with Gasteiger partial charge in [0.1, 0.15) is 5.75 Å². The number of benzene rings is 1. The lowest BCUT2D eigenvalue weighted by molar-refractivity contribution is -0.154. The first-order chi connectivity index (χ1) is 11.2. The van der Waals surface area contributed by atoms with Crippen molar-refractivity contribution in [1.82, 2.24) is 4.98 Å². The lowest BCUT2D eigenvalue weighted by atomic mass is 10.1. The van der Waals surface area contributed by atoms with Gasteiger partial charge < -0.3 is 9.47 Å². The van der Waals surface area contributed by atoms with Crippen molar-refractivity contribution in [2.75, 3.05) is 6.61 Å². The number of ether oxygens (including phenoxy) is 2. The molecule has 0 atom stereocenters. The second kappa shape index (κ2) is 7.12. The molecule has 5 nitrogen and oxygen atoms in total. The first-order valence-corrected chi connectivity index (χ1v) is 6.73. The van der Waals surface area contributed by atoms with Crippen molar-refractivity contribution in [2.45, 2.75) is 13.1 Å². The van der Waals surface area contributed by atoms with E-state index in [1.165, 1.54) is 25.1 Å². The minimum Gasteiger partial charge on any atom is -0.468 e. The SMILES string of the molecule is CC(=O)c1cccc(OC(=O)c2ccc(OCC(F)(F)F)nc2)c1. The van der Waals surface area contributed by atoms with Crippen molar-refractivity contribution in [2.24, 2.45) is 0 Å². The molecule has 0 aliphatic rings. The Bertz CT molecular complexity index is 742. The van der Waals surface area contributed by atoms with E-state index in [1.807, 2.05) is 0 Å². The van der Waals surface area contributed by atoms with E-state index in [0.29, 0.717) is 5.56 Å². The molecule has 1 heterocycles. The van der Waals surface area contributed by atoms with Gasteiger partial charge >= 0.3 is 12.1 Å². The lowest BCUT2D eigenvalue weighted by Gasteiger charge is -2.09. The first kappa shape index (κ1) is 17.5. The Morgan fingerprint density at radius 1 is 1.12 bits per heavy atom. The Balaban J connectivity index is 2.02. The molecular formula is C16H12F3NO4. The molecule has 2 aromatic rings. The van der Waals surface area contributed by atoms with Crippen LogP contribution in [0.25, 0.3) is 0 Å². The molecule has 0 fully saturated rings. The summed E-state index contributed by atoms with van der Waals surface area (Å²) in [5.41, 5.74) is 0.414. The zero-order chi connectivity index (χ0) is 17.7. The Hall–Kier alpha value is -2.90. The van der Waals surface area contributed by atoms with Crippen LogP contribution in [-0.2, 0) is 0 Å². The zero-order valence-corrected chi connectivity index (χ0v) is 12.5. The first-order valence-electron chi connectivity index (χ1n) is 6.73. The van der Waals surface area contributed by atoms with Crippen LogP contribution in [0, 0.1) is 0 Å². The molecule has 0 amide bonds. The van der Waals surface area contributed by atoms with Gasteiger partial charge in [0, 0.05) is 17.8 Å². The molecule has 0 spiro atoms. The summed E-state index contributed by atoms with van der Waals surface area (Å²) in [5, 5.41) is 0. The fourth-order valence-electron chi connectivity index (χ4n) is 1.69. The summed E-state index contributed by atoms with van der Waals surface area (Å²) in [4.78, 5) is 26.8. The molecule has 1 aromatic heterocycles. The predicted molar refractivity (Wildman–Crippen MR) is 77.2 cm³/mol. The summed E-state index contributed by atoms with van der Waals surface area (Å²) in [6, 6.07) is 8.41. The molecule has 0 N–H and O–H groups in total. The van der Waals surface area contributed by atoms with E-state index in [9.17, 15) is 22.8 Å². The monoisotopic (exact) mass is 339 g/mol. The number of carbonyl (C=O) groups is 2. The second-order valence-electron chi connectivity index (χ2n) is 4.76. The number of hydrogen-bond acceptors (Lipinski definition) is 5. The summed E-state index contributed by atoms with van der Waals surface area (Å²) in [6.45, 7) is -0.0911. The topological polar surface area (TPSA) is 65.5 Å². The molecule has 126 valence electrons. The molecule has 0 radical (unpaired) electrons. The molecule has 1 aromatic carbocycles. The molecule has 0 aliphatic heterocycles. The van der Waals surface area contributed by atoms with Gasteiger partial charge in [-0.1, -0.05) is 12.1 Å². The van der Waals surface area contributed by atoms with Crippen LogP contribution in [0.4, 0.5) is 13.2 Å². The smallest absolute Gasteiger partial charge is 0.422 e. The number of hydrogen-bond donors (Lipinski definition) is 0. The number of halogens is 3. The van der Waals surface area contributed by atoms with E-state index in [1.54, 1.807) is 12.1 Å². The van der Waals surface area contributed by atoms with E-state index in [2.05, 4.69) is 9.72 Å². The van der Waals surface area contributed by atoms with Crippen LogP contribution in [-0.4, -0.2) is 29.5 Å². The van der Waals surface area contributed by atoms with Gasteiger partial charge in [-0.3, -0.25) is 4.79 Å². The lowest BCUT2D eigenvalue weighted by Crippen LogP contribution is -2.19. The van der Waals surface area contributed by atoms with E-state index < -0.39 is 18.8 Å². The highest BCUT2D eigenvalue weighted by atomic mass is 19.4. The van der Waals surface area contributed by atoms with Crippen LogP contribution in [0.3, 0.4) is 0 Å². The van der Waals surface area contributed by atoms with Crippen LogP contribution < -0.4 is 9.47 Å². The highest BCUT2D eigenvalue weighted by Gasteiger charge is 2.28. The van der Waals surface area contributed by atoms with Gasteiger partial charge in [0.05, 0.1) is 5.56 Å². The summed E-state index contributed by atoms with van der Waals surface area (Å²) >= 11 is 0. The molecular weight excluding hydrogens is 327 g/mol. The number of pyridine rings is 1. The summed E-state index contributed by atoms with van der Waals surface area (Å²) in [7, 11) is 0. The fourth-order valence-corrected chi connectivity index (χ4v) is 1.69. The number of nitrogens with zero attached hydrogens (tertiary/aromatic N) is 1. The van der Waals surface area contributed by atoms with Crippen molar-refractivity contribution in [3.05, 3.63) is 53.7 Å². The van der Waals surface area contributed by atoms with E-state index in [-0.39, 0.29) is 23.0 Å². The third kappa shape index (κ3) is 5.08. The second-order valence-corrected chi connectivity index (χ2v) is 4.76. The Morgan fingerprint density at radius 2 is 1.88 bits per heavy atom. The average molecular weight is 339 g/mol. The number of Topliss-reactive ketones (excluding diaryl/α,β-unsaturated/α-hetero) is 1. The van der Waals surface area contributed by atoms with Crippen LogP contribution >= 0.6 is 0 Å². The van der Waals surface area contributed by atoms with Gasteiger partial charge in [-0.2, -0.15) is 13.2 Å². The van der Waals surface area contributed by atoms with Crippen molar-refractivity contribution in [1.29, 1.82) is 0 Å². The quantitative estimate of drug-likeness (QED) is 0.474. The van der Waals surface area contributed by atoms with Gasteiger partial charge in [0.15, 0.2) is 12.4 Å². The Kier molecular flexibility index (Phi) is 5.18. The maximum Gasteiger partial charge on any atom is 0.422 e. The standard InChI is InChI=1S/C16H12F3NO4/c1-10(21)11-3-2-4-13(7-11)24-15(22)12-5-6-14(20-8-12)23-9-16(17,18)19/h2-8H,9H2,1H3.